The topological polar surface area (TPSA) is 75.9 Å². The third-order valence-corrected chi connectivity index (χ3v) is 6.75. The average molecular weight is 485 g/mol. The number of thiol groups is 1. The van der Waals surface area contributed by atoms with Crippen LogP contribution in [0.25, 0.3) is 22.5 Å². The van der Waals surface area contributed by atoms with Gasteiger partial charge in [-0.25, -0.2) is 15.0 Å². The van der Waals surface area contributed by atoms with Gasteiger partial charge in [0.05, 0.1) is 11.4 Å². The fourth-order valence-corrected chi connectivity index (χ4v) is 4.57. The van der Waals surface area contributed by atoms with E-state index in [0.29, 0.717) is 23.9 Å². The van der Waals surface area contributed by atoms with Crippen molar-refractivity contribution in [3.05, 3.63) is 94.7 Å². The van der Waals surface area contributed by atoms with Crippen molar-refractivity contribution >= 4 is 18.6 Å². The minimum Gasteiger partial charge on any atom is -0.339 e. The zero-order chi connectivity index (χ0) is 24.4. The van der Waals surface area contributed by atoms with Crippen molar-refractivity contribution < 1.29 is 0 Å². The third kappa shape index (κ3) is 4.99. The van der Waals surface area contributed by atoms with E-state index in [1.807, 2.05) is 0 Å². The summed E-state index contributed by atoms with van der Waals surface area (Å²) in [6.45, 7) is 4.34. The predicted octanol–water partition coefficient (Wildman–Crippen LogP) is 4.05. The first-order chi connectivity index (χ1) is 17.0. The van der Waals surface area contributed by atoms with E-state index in [4.69, 9.17) is 4.98 Å². The lowest BCUT2D eigenvalue weighted by atomic mass is 9.98. The number of benzene rings is 2. The highest BCUT2D eigenvalue weighted by Gasteiger charge is 2.24. The summed E-state index contributed by atoms with van der Waals surface area (Å²) in [7, 11) is 1.76. The molecule has 8 heteroatoms. The molecule has 1 saturated heterocycles. The van der Waals surface area contributed by atoms with Gasteiger partial charge in [0.1, 0.15) is 6.33 Å². The van der Waals surface area contributed by atoms with Crippen LogP contribution >= 0.6 is 12.6 Å². The molecule has 2 atom stereocenters. The molecule has 1 aliphatic heterocycles. The summed E-state index contributed by atoms with van der Waals surface area (Å²) >= 11 is 4.51. The zero-order valence-electron chi connectivity index (χ0n) is 19.8. The maximum absolute atomic E-state index is 12.7. The summed E-state index contributed by atoms with van der Waals surface area (Å²) in [6, 6.07) is 20.7. The maximum atomic E-state index is 12.7. The number of aromatic nitrogens is 4. The van der Waals surface area contributed by atoms with Crippen molar-refractivity contribution in [1.29, 1.82) is 0 Å². The Labute approximate surface area is 210 Å². The molecule has 0 aliphatic carbocycles. The van der Waals surface area contributed by atoms with Gasteiger partial charge in [0.25, 0.3) is 5.56 Å². The molecular weight excluding hydrogens is 456 g/mol. The number of nitrogens with zero attached hydrogens (tertiary/aromatic N) is 5. The standard InChI is InChI=1S/C27H28N6OS/c1-18(35)19-3-5-20(6-4-19)21-7-9-22(10-8-21)25-16-33(14-13-29-25)27-31-24(15-26(34)32(27)2)23-11-12-28-17-30-23/h3-12,15,17-18,25,29,35H,13-14,16H2,1-2H3/t18?,25-/m1/s1. The summed E-state index contributed by atoms with van der Waals surface area (Å²) in [5.74, 6) is 0.646. The Morgan fingerprint density at radius 3 is 2.40 bits per heavy atom. The summed E-state index contributed by atoms with van der Waals surface area (Å²) in [6.07, 6.45) is 3.12. The van der Waals surface area contributed by atoms with Crippen LogP contribution in [0.4, 0.5) is 5.95 Å². The van der Waals surface area contributed by atoms with E-state index in [9.17, 15) is 4.79 Å². The molecule has 1 unspecified atom stereocenters. The Morgan fingerprint density at radius 2 is 1.74 bits per heavy atom. The second-order valence-corrected chi connectivity index (χ2v) is 9.58. The predicted molar refractivity (Wildman–Crippen MR) is 143 cm³/mol. The number of nitrogens with one attached hydrogen (secondary N) is 1. The molecule has 2 aromatic heterocycles. The van der Waals surface area contributed by atoms with Crippen LogP contribution in [0, 0.1) is 0 Å². The lowest BCUT2D eigenvalue weighted by molar-refractivity contribution is 0.462. The number of rotatable bonds is 5. The van der Waals surface area contributed by atoms with E-state index in [-0.39, 0.29) is 16.9 Å². The highest BCUT2D eigenvalue weighted by Crippen LogP contribution is 2.27. The van der Waals surface area contributed by atoms with Gasteiger partial charge in [-0.05, 0) is 35.2 Å². The molecule has 35 heavy (non-hydrogen) atoms. The van der Waals surface area contributed by atoms with Crippen molar-refractivity contribution in [1.82, 2.24) is 24.8 Å². The summed E-state index contributed by atoms with van der Waals surface area (Å²) in [5, 5.41) is 3.83. The Hall–Kier alpha value is -3.49. The second-order valence-electron chi connectivity index (χ2n) is 8.81. The molecule has 0 amide bonds. The first kappa shape index (κ1) is 23.3. The van der Waals surface area contributed by atoms with Crippen LogP contribution in [0.15, 0.2) is 78.0 Å². The van der Waals surface area contributed by atoms with Gasteiger partial charge in [-0.2, -0.15) is 12.6 Å². The summed E-state index contributed by atoms with van der Waals surface area (Å²) in [5.41, 5.74) is 5.88. The fraction of sp³-hybridized carbons (Fsp3) is 0.259. The number of hydrogen-bond acceptors (Lipinski definition) is 7. The second kappa shape index (κ2) is 10.0. The Balaban J connectivity index is 1.37. The van der Waals surface area contributed by atoms with Crippen LogP contribution in [-0.2, 0) is 7.05 Å². The lowest BCUT2D eigenvalue weighted by Crippen LogP contribution is -2.47. The molecule has 1 aliphatic rings. The van der Waals surface area contributed by atoms with Crippen LogP contribution in [-0.4, -0.2) is 39.2 Å². The quantitative estimate of drug-likeness (QED) is 0.417. The summed E-state index contributed by atoms with van der Waals surface area (Å²) < 4.78 is 1.60. The number of anilines is 1. The SMILES string of the molecule is CC(S)c1ccc(-c2ccc([C@H]3CN(c4nc(-c5ccncn5)cc(=O)n4C)CCN3)cc2)cc1. The third-order valence-electron chi connectivity index (χ3n) is 6.45. The van der Waals surface area contributed by atoms with Gasteiger partial charge in [0.15, 0.2) is 0 Å². The smallest absolute Gasteiger partial charge is 0.255 e. The molecule has 1 fully saturated rings. The van der Waals surface area contributed by atoms with E-state index in [2.05, 4.69) is 88.3 Å². The highest BCUT2D eigenvalue weighted by molar-refractivity contribution is 7.80. The maximum Gasteiger partial charge on any atom is 0.255 e. The van der Waals surface area contributed by atoms with Crippen molar-refractivity contribution in [2.75, 3.05) is 24.5 Å². The van der Waals surface area contributed by atoms with Crippen molar-refractivity contribution in [3.8, 4) is 22.5 Å². The van der Waals surface area contributed by atoms with E-state index in [1.54, 1.807) is 23.9 Å². The first-order valence-electron chi connectivity index (χ1n) is 11.7. The van der Waals surface area contributed by atoms with Crippen molar-refractivity contribution in [2.24, 2.45) is 7.05 Å². The van der Waals surface area contributed by atoms with Crippen LogP contribution in [0.1, 0.15) is 29.3 Å². The molecule has 0 bridgehead atoms. The average Bonchev–Trinajstić information content (AvgIpc) is 2.91. The number of hydrogen-bond donors (Lipinski definition) is 2. The van der Waals surface area contributed by atoms with E-state index >= 15 is 0 Å². The minimum absolute atomic E-state index is 0.110. The zero-order valence-corrected chi connectivity index (χ0v) is 20.7. The fourth-order valence-electron chi connectivity index (χ4n) is 4.40. The Morgan fingerprint density at radius 1 is 1.03 bits per heavy atom. The van der Waals surface area contributed by atoms with Crippen molar-refractivity contribution in [3.63, 3.8) is 0 Å². The largest absolute Gasteiger partial charge is 0.339 e. The number of piperazine rings is 1. The molecule has 0 radical (unpaired) electrons. The Bertz CT molecular complexity index is 1350. The van der Waals surface area contributed by atoms with Crippen LogP contribution < -0.4 is 15.8 Å². The molecule has 0 saturated carbocycles. The van der Waals surface area contributed by atoms with Crippen molar-refractivity contribution in [2.45, 2.75) is 18.2 Å². The van der Waals surface area contributed by atoms with Gasteiger partial charge in [-0.1, -0.05) is 48.5 Å². The van der Waals surface area contributed by atoms with Crippen LogP contribution in [0.2, 0.25) is 0 Å². The van der Waals surface area contributed by atoms with E-state index in [0.717, 1.165) is 13.1 Å². The van der Waals surface area contributed by atoms with Crippen LogP contribution in [0.5, 0.6) is 0 Å². The van der Waals surface area contributed by atoms with Gasteiger partial charge in [-0.3, -0.25) is 9.36 Å². The van der Waals surface area contributed by atoms with E-state index < -0.39 is 0 Å². The molecular formula is C27H28N6OS. The van der Waals surface area contributed by atoms with E-state index in [1.165, 1.54) is 34.6 Å². The summed E-state index contributed by atoms with van der Waals surface area (Å²) in [4.78, 5) is 27.9. The molecule has 5 rings (SSSR count). The van der Waals surface area contributed by atoms with Crippen LogP contribution in [0.3, 0.4) is 0 Å². The lowest BCUT2D eigenvalue weighted by Gasteiger charge is -2.35. The van der Waals surface area contributed by atoms with Gasteiger partial charge >= 0.3 is 0 Å². The monoisotopic (exact) mass is 484 g/mol. The van der Waals surface area contributed by atoms with Gasteiger partial charge in [0, 0.05) is 50.2 Å². The van der Waals surface area contributed by atoms with Gasteiger partial charge < -0.3 is 10.2 Å². The minimum atomic E-state index is -0.110. The molecule has 4 aromatic rings. The molecule has 178 valence electrons. The first-order valence-corrected chi connectivity index (χ1v) is 12.2. The Kier molecular flexibility index (Phi) is 6.66. The molecule has 7 nitrogen and oxygen atoms in total. The van der Waals surface area contributed by atoms with Gasteiger partial charge in [0.2, 0.25) is 5.95 Å². The molecule has 2 aromatic carbocycles. The molecule has 3 heterocycles. The molecule has 1 N–H and O–H groups in total. The highest BCUT2D eigenvalue weighted by atomic mass is 32.1. The molecule has 0 spiro atoms. The normalized spacial score (nSPS) is 16.8. The van der Waals surface area contributed by atoms with Gasteiger partial charge in [-0.15, -0.1) is 0 Å².